The van der Waals surface area contributed by atoms with Gasteiger partial charge >= 0.3 is 0 Å². The van der Waals surface area contributed by atoms with Gasteiger partial charge in [-0.15, -0.1) is 5.10 Å². The van der Waals surface area contributed by atoms with Crippen LogP contribution in [0.25, 0.3) is 10.8 Å². The Bertz CT molecular complexity index is 883. The molecular weight excluding hydrogens is 334 g/mol. The number of carbonyl (C=O) groups is 1. The molecule has 2 aromatic heterocycles. The molecule has 1 fully saturated rings. The molecule has 128 valence electrons. The number of anilines is 1. The summed E-state index contributed by atoms with van der Waals surface area (Å²) in [6.07, 6.45) is 8.20. The number of benzene rings is 1. The highest BCUT2D eigenvalue weighted by atomic mass is 32.2. The summed E-state index contributed by atoms with van der Waals surface area (Å²) >= 11 is 1.40. The Morgan fingerprint density at radius 3 is 2.96 bits per heavy atom. The lowest BCUT2D eigenvalue weighted by Crippen LogP contribution is -2.19. The summed E-state index contributed by atoms with van der Waals surface area (Å²) in [6.45, 7) is 0. The third kappa shape index (κ3) is 3.51. The number of thioether (sulfide) groups is 1. The smallest absolute Gasteiger partial charge is 0.235 e. The number of hydrogen-bond donors (Lipinski definition) is 1. The zero-order chi connectivity index (χ0) is 17.1. The van der Waals surface area contributed by atoms with Gasteiger partial charge in [-0.25, -0.2) is 4.68 Å². The number of nitrogens with zero attached hydrogens (tertiary/aromatic N) is 4. The second-order valence-electron chi connectivity index (χ2n) is 6.17. The number of hydrogen-bond acceptors (Lipinski definition) is 5. The molecule has 1 aliphatic rings. The van der Waals surface area contributed by atoms with E-state index >= 15 is 0 Å². The van der Waals surface area contributed by atoms with Crippen LogP contribution in [0.15, 0.2) is 47.8 Å². The minimum Gasteiger partial charge on any atom is -0.310 e. The van der Waals surface area contributed by atoms with Crippen LogP contribution in [0.5, 0.6) is 0 Å². The van der Waals surface area contributed by atoms with Crippen molar-refractivity contribution in [3.05, 3.63) is 42.7 Å². The molecule has 1 N–H and O–H groups in total. The maximum absolute atomic E-state index is 12.4. The Morgan fingerprint density at radius 2 is 2.08 bits per heavy atom. The summed E-state index contributed by atoms with van der Waals surface area (Å²) in [6, 6.07) is 10.2. The predicted octanol–water partition coefficient (Wildman–Crippen LogP) is 3.67. The molecule has 0 saturated heterocycles. The normalized spacial score (nSPS) is 14.9. The lowest BCUT2D eigenvalue weighted by molar-refractivity contribution is -0.113. The van der Waals surface area contributed by atoms with Crippen molar-refractivity contribution in [2.75, 3.05) is 11.1 Å². The van der Waals surface area contributed by atoms with E-state index < -0.39 is 0 Å². The van der Waals surface area contributed by atoms with E-state index in [1.807, 2.05) is 35.0 Å². The van der Waals surface area contributed by atoms with Crippen molar-refractivity contribution in [2.24, 2.45) is 0 Å². The molecule has 2 heterocycles. The van der Waals surface area contributed by atoms with Gasteiger partial charge in [0.15, 0.2) is 0 Å². The van der Waals surface area contributed by atoms with Crippen LogP contribution in [0.3, 0.4) is 0 Å². The van der Waals surface area contributed by atoms with Gasteiger partial charge in [-0.1, -0.05) is 48.9 Å². The van der Waals surface area contributed by atoms with E-state index in [0.29, 0.717) is 11.8 Å². The molecule has 1 saturated carbocycles. The molecule has 1 amide bonds. The van der Waals surface area contributed by atoms with Crippen LogP contribution in [0.2, 0.25) is 0 Å². The number of fused-ring (bicyclic) bond motifs is 1. The highest BCUT2D eigenvalue weighted by molar-refractivity contribution is 8.00. The van der Waals surface area contributed by atoms with Crippen LogP contribution in [0.1, 0.15) is 31.7 Å². The van der Waals surface area contributed by atoms with Crippen LogP contribution in [0, 0.1) is 0 Å². The van der Waals surface area contributed by atoms with Crippen LogP contribution in [-0.2, 0) is 4.79 Å². The van der Waals surface area contributed by atoms with Crippen molar-refractivity contribution < 1.29 is 4.79 Å². The molecule has 25 heavy (non-hydrogen) atoms. The van der Waals surface area contributed by atoms with Gasteiger partial charge in [0.2, 0.25) is 5.91 Å². The fourth-order valence-corrected chi connectivity index (χ4v) is 4.06. The topological polar surface area (TPSA) is 72.7 Å². The molecule has 3 aromatic rings. The largest absolute Gasteiger partial charge is 0.310 e. The third-order valence-electron chi connectivity index (χ3n) is 4.48. The first kappa shape index (κ1) is 16.1. The highest BCUT2D eigenvalue weighted by Gasteiger charge is 2.20. The van der Waals surface area contributed by atoms with Crippen LogP contribution < -0.4 is 5.32 Å². The van der Waals surface area contributed by atoms with Gasteiger partial charge in [0.05, 0.1) is 24.2 Å². The van der Waals surface area contributed by atoms with Gasteiger partial charge in [0, 0.05) is 16.8 Å². The average Bonchev–Trinajstić information content (AvgIpc) is 3.31. The second-order valence-corrected chi connectivity index (χ2v) is 7.14. The number of amides is 1. The van der Waals surface area contributed by atoms with E-state index in [2.05, 4.69) is 20.6 Å². The van der Waals surface area contributed by atoms with E-state index in [4.69, 9.17) is 0 Å². The third-order valence-corrected chi connectivity index (χ3v) is 5.47. The molecule has 6 nitrogen and oxygen atoms in total. The molecule has 4 rings (SSSR count). The number of carbonyl (C=O) groups excluding carboxylic acids is 1. The summed E-state index contributed by atoms with van der Waals surface area (Å²) in [4.78, 5) is 12.4. The summed E-state index contributed by atoms with van der Waals surface area (Å²) < 4.78 is 1.95. The van der Waals surface area contributed by atoms with Gasteiger partial charge in [0.1, 0.15) is 10.8 Å². The lowest BCUT2D eigenvalue weighted by Gasteiger charge is -2.14. The molecule has 0 bridgehead atoms. The molecule has 0 radical (unpaired) electrons. The van der Waals surface area contributed by atoms with Crippen molar-refractivity contribution in [2.45, 2.75) is 36.8 Å². The zero-order valence-electron chi connectivity index (χ0n) is 13.8. The van der Waals surface area contributed by atoms with Gasteiger partial charge < -0.3 is 5.32 Å². The van der Waals surface area contributed by atoms with E-state index in [1.54, 1.807) is 12.4 Å². The van der Waals surface area contributed by atoms with Crippen molar-refractivity contribution in [3.63, 3.8) is 0 Å². The van der Waals surface area contributed by atoms with Gasteiger partial charge in [-0.3, -0.25) is 4.79 Å². The summed E-state index contributed by atoms with van der Waals surface area (Å²) in [7, 11) is 0. The Hall–Kier alpha value is -2.41. The van der Waals surface area contributed by atoms with E-state index in [0.717, 1.165) is 34.5 Å². The zero-order valence-corrected chi connectivity index (χ0v) is 14.6. The Kier molecular flexibility index (Phi) is 4.65. The van der Waals surface area contributed by atoms with Crippen molar-refractivity contribution in [1.82, 2.24) is 20.0 Å². The molecule has 0 unspecified atom stereocenters. The van der Waals surface area contributed by atoms with E-state index in [1.165, 1.54) is 24.6 Å². The van der Waals surface area contributed by atoms with Crippen LogP contribution in [-0.4, -0.2) is 31.6 Å². The first-order valence-corrected chi connectivity index (χ1v) is 9.46. The molecule has 1 aromatic carbocycles. The summed E-state index contributed by atoms with van der Waals surface area (Å²) in [5.74, 6) is 1.01. The van der Waals surface area contributed by atoms with Gasteiger partial charge in [-0.05, 0) is 12.8 Å². The number of aromatic nitrogens is 4. The van der Waals surface area contributed by atoms with E-state index in [-0.39, 0.29) is 5.91 Å². The monoisotopic (exact) mass is 353 g/mol. The fraction of sp³-hybridized carbons (Fsp3) is 0.333. The predicted molar refractivity (Wildman–Crippen MR) is 98.6 cm³/mol. The maximum atomic E-state index is 12.4. The Morgan fingerprint density at radius 1 is 1.24 bits per heavy atom. The fourth-order valence-electron chi connectivity index (χ4n) is 3.27. The lowest BCUT2D eigenvalue weighted by atomic mass is 10.2. The van der Waals surface area contributed by atoms with Gasteiger partial charge in [0.25, 0.3) is 0 Å². The van der Waals surface area contributed by atoms with E-state index in [9.17, 15) is 4.79 Å². The quantitative estimate of drug-likeness (QED) is 0.709. The SMILES string of the molecule is O=C(CSc1nncc2ccccc12)Nc1ccnn1C1CCCC1. The van der Waals surface area contributed by atoms with Crippen LogP contribution in [0.4, 0.5) is 5.82 Å². The maximum Gasteiger partial charge on any atom is 0.235 e. The second kappa shape index (κ2) is 7.23. The molecule has 0 spiro atoms. The van der Waals surface area contributed by atoms with Crippen LogP contribution >= 0.6 is 11.8 Å². The highest BCUT2D eigenvalue weighted by Crippen LogP contribution is 2.31. The standard InChI is InChI=1S/C18H19N5OS/c24-17(21-16-9-10-20-23(16)14-6-2-3-7-14)12-25-18-15-8-4-1-5-13(15)11-19-22-18/h1,4-5,8-11,14H,2-3,6-7,12H2,(H,21,24). The van der Waals surface area contributed by atoms with Crippen molar-refractivity contribution in [1.29, 1.82) is 0 Å². The first-order chi connectivity index (χ1) is 12.3. The summed E-state index contributed by atoms with van der Waals surface area (Å²) in [5.41, 5.74) is 0. The number of rotatable bonds is 5. The first-order valence-electron chi connectivity index (χ1n) is 8.48. The molecule has 0 atom stereocenters. The molecule has 0 aliphatic heterocycles. The van der Waals surface area contributed by atoms with Crippen molar-refractivity contribution >= 4 is 34.3 Å². The Balaban J connectivity index is 1.42. The minimum absolute atomic E-state index is 0.0560. The molecular formula is C18H19N5OS. The average molecular weight is 353 g/mol. The van der Waals surface area contributed by atoms with Crippen molar-refractivity contribution in [3.8, 4) is 0 Å². The summed E-state index contributed by atoms with van der Waals surface area (Å²) in [5, 5.41) is 18.4. The molecule has 1 aliphatic carbocycles. The Labute approximate surface area is 150 Å². The van der Waals surface area contributed by atoms with Gasteiger partial charge in [-0.2, -0.15) is 10.2 Å². The number of nitrogens with one attached hydrogen (secondary N) is 1. The minimum atomic E-state index is -0.0560. The molecule has 7 heteroatoms.